The molecule has 4 rings (SSSR count). The van der Waals surface area contributed by atoms with Crippen LogP contribution < -0.4 is 4.72 Å². The summed E-state index contributed by atoms with van der Waals surface area (Å²) >= 11 is 0. The van der Waals surface area contributed by atoms with E-state index in [9.17, 15) is 13.7 Å². The van der Waals surface area contributed by atoms with Gasteiger partial charge < -0.3 is 4.90 Å². The monoisotopic (exact) mass is 499 g/mol. The Morgan fingerprint density at radius 1 is 1.08 bits per heavy atom. The number of nitrogens with one attached hydrogen (secondary N) is 1. The predicted octanol–water partition coefficient (Wildman–Crippen LogP) is 5.93. The summed E-state index contributed by atoms with van der Waals surface area (Å²) in [7, 11) is 0.275. The second-order valence-corrected chi connectivity index (χ2v) is 11.8. The highest BCUT2D eigenvalue weighted by Gasteiger charge is 2.25. The topological polar surface area (TPSA) is 73.2 Å². The molecule has 1 atom stereocenters. The summed E-state index contributed by atoms with van der Waals surface area (Å²) in [6, 6.07) is 21.3. The summed E-state index contributed by atoms with van der Waals surface area (Å²) in [6.07, 6.45) is 2.52. The molecule has 0 aromatic heterocycles. The lowest BCUT2D eigenvalue weighted by atomic mass is 9.79. The number of sulfonamides is 1. The zero-order valence-corrected chi connectivity index (χ0v) is 22.4. The number of fused-ring (bicyclic) bond motifs is 1. The number of nitriles is 1. The Balaban J connectivity index is 1.66. The van der Waals surface area contributed by atoms with E-state index in [-0.39, 0.29) is 16.7 Å². The molecule has 0 saturated heterocycles. The number of hydrogen-bond donors (Lipinski definition) is 1. The first-order chi connectivity index (χ1) is 17.1. The fraction of sp³-hybridized carbons (Fsp3) is 0.300. The van der Waals surface area contributed by atoms with Crippen LogP contribution in [0, 0.1) is 11.3 Å². The van der Waals surface area contributed by atoms with E-state index in [2.05, 4.69) is 43.7 Å². The van der Waals surface area contributed by atoms with E-state index in [1.807, 2.05) is 61.5 Å². The average Bonchev–Trinajstić information content (AvgIpc) is 2.83. The van der Waals surface area contributed by atoms with Gasteiger partial charge in [0, 0.05) is 24.6 Å². The molecule has 0 saturated carbocycles. The SMILES string of the molecule is CC(C)c1cc(-c2ccccc2C#N)cc2c1CC(NS(=O)(=O)c1ccc(CN(C)C)cc1)=CC2C. The lowest BCUT2D eigenvalue weighted by molar-refractivity contribution is 0.402. The highest BCUT2D eigenvalue weighted by Crippen LogP contribution is 2.39. The molecule has 1 unspecified atom stereocenters. The predicted molar refractivity (Wildman–Crippen MR) is 145 cm³/mol. The van der Waals surface area contributed by atoms with Gasteiger partial charge in [-0.2, -0.15) is 5.26 Å². The standard InChI is InChI=1S/C30H33N3O2S/c1-20(2)28-15-24(27-9-7-6-8-23(27)18-31)16-29-21(3)14-25(17-30(28)29)32-36(34,35)26-12-10-22(11-13-26)19-33(4)5/h6-16,20-21,32H,17,19H2,1-5H3. The van der Waals surface area contributed by atoms with E-state index in [0.717, 1.165) is 28.8 Å². The largest absolute Gasteiger partial charge is 0.305 e. The highest BCUT2D eigenvalue weighted by molar-refractivity contribution is 7.89. The van der Waals surface area contributed by atoms with Crippen molar-refractivity contribution in [3.63, 3.8) is 0 Å². The van der Waals surface area contributed by atoms with Gasteiger partial charge in [0.05, 0.1) is 16.5 Å². The molecule has 0 heterocycles. The van der Waals surface area contributed by atoms with Crippen LogP contribution in [0.15, 0.2) is 77.3 Å². The zero-order chi connectivity index (χ0) is 26.0. The Morgan fingerprint density at radius 2 is 1.78 bits per heavy atom. The Morgan fingerprint density at radius 3 is 2.42 bits per heavy atom. The summed E-state index contributed by atoms with van der Waals surface area (Å²) in [5, 5.41) is 9.61. The molecule has 0 aliphatic heterocycles. The maximum atomic E-state index is 13.2. The summed E-state index contributed by atoms with van der Waals surface area (Å²) in [6.45, 7) is 7.15. The third-order valence-electron chi connectivity index (χ3n) is 6.61. The van der Waals surface area contributed by atoms with E-state index in [1.165, 1.54) is 11.1 Å². The van der Waals surface area contributed by atoms with Crippen molar-refractivity contribution in [3.05, 3.63) is 100 Å². The molecule has 0 spiro atoms. The summed E-state index contributed by atoms with van der Waals surface area (Å²) in [5.74, 6) is 0.279. The van der Waals surface area contributed by atoms with Crippen LogP contribution in [0.2, 0.25) is 0 Å². The second kappa shape index (κ2) is 10.3. The van der Waals surface area contributed by atoms with E-state index in [0.29, 0.717) is 17.7 Å². The van der Waals surface area contributed by atoms with Crippen molar-refractivity contribution in [1.29, 1.82) is 5.26 Å². The van der Waals surface area contributed by atoms with Crippen molar-refractivity contribution >= 4 is 10.0 Å². The normalized spacial score (nSPS) is 15.4. The second-order valence-electron chi connectivity index (χ2n) is 10.1. The van der Waals surface area contributed by atoms with Crippen molar-refractivity contribution in [3.8, 4) is 17.2 Å². The van der Waals surface area contributed by atoms with Gasteiger partial charge >= 0.3 is 0 Å². The van der Waals surface area contributed by atoms with Crippen LogP contribution in [0.3, 0.4) is 0 Å². The molecule has 0 radical (unpaired) electrons. The molecule has 3 aromatic carbocycles. The van der Waals surface area contributed by atoms with Gasteiger partial charge in [-0.25, -0.2) is 8.42 Å². The Hall–Kier alpha value is -3.40. The first kappa shape index (κ1) is 25.7. The molecule has 5 nitrogen and oxygen atoms in total. The minimum Gasteiger partial charge on any atom is -0.305 e. The molecule has 1 aliphatic carbocycles. The third kappa shape index (κ3) is 5.38. The lowest BCUT2D eigenvalue weighted by Crippen LogP contribution is -2.27. The summed E-state index contributed by atoms with van der Waals surface area (Å²) < 4.78 is 29.2. The Labute approximate surface area is 215 Å². The number of nitrogens with zero attached hydrogens (tertiary/aromatic N) is 2. The van der Waals surface area contributed by atoms with Gasteiger partial charge in [0.25, 0.3) is 10.0 Å². The highest BCUT2D eigenvalue weighted by atomic mass is 32.2. The van der Waals surface area contributed by atoms with Crippen LogP contribution in [0.4, 0.5) is 0 Å². The Bertz CT molecular complexity index is 1450. The van der Waals surface area contributed by atoms with Gasteiger partial charge in [0.1, 0.15) is 0 Å². The van der Waals surface area contributed by atoms with Crippen molar-refractivity contribution in [2.75, 3.05) is 14.1 Å². The first-order valence-corrected chi connectivity index (χ1v) is 13.7. The van der Waals surface area contributed by atoms with Gasteiger partial charge in [-0.05, 0) is 71.6 Å². The molecule has 0 bridgehead atoms. The molecule has 3 aromatic rings. The molecule has 0 amide bonds. The molecule has 0 fully saturated rings. The van der Waals surface area contributed by atoms with Gasteiger partial charge in [-0.3, -0.25) is 4.72 Å². The average molecular weight is 500 g/mol. The first-order valence-electron chi connectivity index (χ1n) is 12.2. The molecule has 6 heteroatoms. The fourth-order valence-corrected chi connectivity index (χ4v) is 6.01. The van der Waals surface area contributed by atoms with Crippen molar-refractivity contribution < 1.29 is 8.42 Å². The van der Waals surface area contributed by atoms with Crippen LogP contribution in [-0.4, -0.2) is 27.4 Å². The van der Waals surface area contributed by atoms with Crippen LogP contribution >= 0.6 is 0 Å². The molecule has 186 valence electrons. The lowest BCUT2D eigenvalue weighted by Gasteiger charge is -2.28. The minimum atomic E-state index is -3.69. The van der Waals surface area contributed by atoms with Gasteiger partial charge in [0.15, 0.2) is 0 Å². The van der Waals surface area contributed by atoms with Crippen LogP contribution in [0.5, 0.6) is 0 Å². The third-order valence-corrected chi connectivity index (χ3v) is 8.03. The van der Waals surface area contributed by atoms with Crippen LogP contribution in [0.1, 0.15) is 60.4 Å². The molecular formula is C30H33N3O2S. The number of allylic oxidation sites excluding steroid dienone is 2. The Kier molecular flexibility index (Phi) is 7.35. The maximum absolute atomic E-state index is 13.2. The van der Waals surface area contributed by atoms with Crippen molar-refractivity contribution in [1.82, 2.24) is 9.62 Å². The summed E-state index contributed by atoms with van der Waals surface area (Å²) in [4.78, 5) is 2.31. The maximum Gasteiger partial charge on any atom is 0.261 e. The summed E-state index contributed by atoms with van der Waals surface area (Å²) in [5.41, 5.74) is 7.88. The smallest absolute Gasteiger partial charge is 0.261 e. The van der Waals surface area contributed by atoms with Crippen LogP contribution in [-0.2, 0) is 23.0 Å². The molecule has 1 N–H and O–H groups in total. The number of rotatable bonds is 7. The van der Waals surface area contributed by atoms with E-state index >= 15 is 0 Å². The number of hydrogen-bond acceptors (Lipinski definition) is 4. The van der Waals surface area contributed by atoms with Gasteiger partial charge in [-0.15, -0.1) is 0 Å². The van der Waals surface area contributed by atoms with Crippen LogP contribution in [0.25, 0.3) is 11.1 Å². The van der Waals surface area contributed by atoms with E-state index in [4.69, 9.17) is 0 Å². The van der Waals surface area contributed by atoms with Crippen molar-refractivity contribution in [2.24, 2.45) is 0 Å². The molecular weight excluding hydrogens is 466 g/mol. The minimum absolute atomic E-state index is 0.0283. The number of benzene rings is 3. The molecule has 1 aliphatic rings. The van der Waals surface area contributed by atoms with Gasteiger partial charge in [-0.1, -0.05) is 69.3 Å². The van der Waals surface area contributed by atoms with E-state index in [1.54, 1.807) is 12.1 Å². The quantitative estimate of drug-likeness (QED) is 0.437. The van der Waals surface area contributed by atoms with E-state index < -0.39 is 10.0 Å². The van der Waals surface area contributed by atoms with Crippen molar-refractivity contribution in [2.45, 2.75) is 50.5 Å². The molecule has 36 heavy (non-hydrogen) atoms. The fourth-order valence-electron chi connectivity index (χ4n) is 4.91. The van der Waals surface area contributed by atoms with Gasteiger partial charge in [0.2, 0.25) is 0 Å². The zero-order valence-electron chi connectivity index (χ0n) is 21.5.